The molecule has 43 heavy (non-hydrogen) atoms. The Morgan fingerprint density at radius 3 is 2.19 bits per heavy atom. The van der Waals surface area contributed by atoms with E-state index in [1.807, 2.05) is 36.4 Å². The minimum atomic E-state index is -4.51. The first-order valence-corrected chi connectivity index (χ1v) is 14.6. The van der Waals surface area contributed by atoms with E-state index >= 15 is 0 Å². The number of Topliss-reactive ketones (excluding diaryl/α,β-unsaturated/α-hetero) is 1. The Bertz CT molecular complexity index is 1880. The van der Waals surface area contributed by atoms with Gasteiger partial charge in [0.05, 0.1) is 23.1 Å². The van der Waals surface area contributed by atoms with Crippen LogP contribution in [0.15, 0.2) is 91.0 Å². The molecule has 0 heterocycles. The quantitative estimate of drug-likeness (QED) is 0.190. The van der Waals surface area contributed by atoms with Crippen molar-refractivity contribution in [1.29, 1.82) is 5.26 Å². The van der Waals surface area contributed by atoms with Crippen LogP contribution in [0.1, 0.15) is 71.0 Å². The molecule has 0 aromatic heterocycles. The minimum absolute atomic E-state index is 0.121. The van der Waals surface area contributed by atoms with Gasteiger partial charge >= 0.3 is 6.18 Å². The van der Waals surface area contributed by atoms with Crippen molar-refractivity contribution in [2.24, 2.45) is 0 Å². The summed E-state index contributed by atoms with van der Waals surface area (Å²) in [6.07, 6.45) is -4.36. The van der Waals surface area contributed by atoms with Crippen molar-refractivity contribution < 1.29 is 18.0 Å². The van der Waals surface area contributed by atoms with Gasteiger partial charge in [0.2, 0.25) is 0 Å². The van der Waals surface area contributed by atoms with Crippen molar-refractivity contribution in [1.82, 2.24) is 4.90 Å². The van der Waals surface area contributed by atoms with Crippen LogP contribution in [0.3, 0.4) is 0 Å². The molecule has 216 valence electrons. The summed E-state index contributed by atoms with van der Waals surface area (Å²) in [5.41, 5.74) is 3.90. The molecule has 1 aliphatic rings. The molecule has 6 heteroatoms. The highest BCUT2D eigenvalue weighted by atomic mass is 19.4. The summed E-state index contributed by atoms with van der Waals surface area (Å²) in [6, 6.07) is 29.1. The fourth-order valence-corrected chi connectivity index (χ4v) is 6.68. The number of ketones is 1. The van der Waals surface area contributed by atoms with Crippen LogP contribution in [0.2, 0.25) is 0 Å². The maximum absolute atomic E-state index is 13.9. The van der Waals surface area contributed by atoms with E-state index in [1.165, 1.54) is 11.6 Å². The van der Waals surface area contributed by atoms with E-state index in [4.69, 9.17) is 0 Å². The van der Waals surface area contributed by atoms with Crippen LogP contribution < -0.4 is 0 Å². The molecule has 0 amide bonds. The molecule has 0 aliphatic heterocycles. The zero-order valence-electron chi connectivity index (χ0n) is 24.1. The number of rotatable bonds is 6. The molecule has 2 atom stereocenters. The number of hydrogen-bond acceptors (Lipinski definition) is 3. The van der Waals surface area contributed by atoms with Crippen LogP contribution in [0.25, 0.3) is 21.5 Å². The number of carbonyl (C=O) groups excluding carboxylic acids is 1. The fraction of sp³-hybridized carbons (Fsp3) is 0.243. The van der Waals surface area contributed by atoms with Crippen LogP contribution in [-0.2, 0) is 17.5 Å². The van der Waals surface area contributed by atoms with Gasteiger partial charge in [0.1, 0.15) is 5.78 Å². The number of hydrogen-bond donors (Lipinski definition) is 0. The van der Waals surface area contributed by atoms with Crippen molar-refractivity contribution in [3.05, 3.63) is 130 Å². The maximum Gasteiger partial charge on any atom is 0.416 e. The molecular formula is C37H31F3N2O. The molecule has 3 nitrogen and oxygen atoms in total. The smallest absolute Gasteiger partial charge is 0.300 e. The molecule has 0 N–H and O–H groups in total. The van der Waals surface area contributed by atoms with Crippen LogP contribution >= 0.6 is 0 Å². The van der Waals surface area contributed by atoms with Crippen LogP contribution in [0.5, 0.6) is 0 Å². The molecule has 1 aliphatic carbocycles. The summed E-state index contributed by atoms with van der Waals surface area (Å²) < 4.78 is 41.2. The van der Waals surface area contributed by atoms with E-state index in [9.17, 15) is 23.2 Å². The highest BCUT2D eigenvalue weighted by molar-refractivity contribution is 6.11. The van der Waals surface area contributed by atoms with Gasteiger partial charge in [-0.3, -0.25) is 9.69 Å². The molecule has 0 saturated carbocycles. The van der Waals surface area contributed by atoms with Crippen molar-refractivity contribution in [2.75, 3.05) is 13.1 Å². The summed E-state index contributed by atoms with van der Waals surface area (Å²) >= 11 is 0. The van der Waals surface area contributed by atoms with Gasteiger partial charge in [-0.15, -0.1) is 0 Å². The molecule has 6 rings (SSSR count). The topological polar surface area (TPSA) is 44.1 Å². The summed E-state index contributed by atoms with van der Waals surface area (Å²) in [4.78, 5) is 16.3. The molecule has 0 radical (unpaired) electrons. The first-order chi connectivity index (χ1) is 20.7. The fourth-order valence-electron chi connectivity index (χ4n) is 6.68. The third kappa shape index (κ3) is 5.19. The molecule has 2 unspecified atom stereocenters. The number of halogens is 3. The Hall–Kier alpha value is -4.47. The number of nitriles is 1. The predicted molar refractivity (Wildman–Crippen MR) is 164 cm³/mol. The normalized spacial score (nSPS) is 16.9. The van der Waals surface area contributed by atoms with Gasteiger partial charge in [-0.1, -0.05) is 80.6 Å². The largest absolute Gasteiger partial charge is 0.416 e. The SMILES string of the molecule is CCN(CC)Cc1cc2c3c(ccc2c2ccccc12)C(c1cccc(C(F)(F)F)c1)C(=O)CC3c1ccc(C#N)cc1. The molecule has 0 bridgehead atoms. The van der Waals surface area contributed by atoms with E-state index in [1.54, 1.807) is 18.2 Å². The zero-order valence-corrected chi connectivity index (χ0v) is 24.1. The Labute approximate surface area is 249 Å². The van der Waals surface area contributed by atoms with Gasteiger partial charge in [-0.2, -0.15) is 18.4 Å². The van der Waals surface area contributed by atoms with Crippen LogP contribution in [0.4, 0.5) is 13.2 Å². The second kappa shape index (κ2) is 11.3. The van der Waals surface area contributed by atoms with E-state index in [0.29, 0.717) is 11.1 Å². The average Bonchev–Trinajstić information content (AvgIpc) is 3.02. The van der Waals surface area contributed by atoms with Gasteiger partial charge in [-0.05, 0) is 86.7 Å². The van der Waals surface area contributed by atoms with Crippen molar-refractivity contribution in [3.8, 4) is 6.07 Å². The number of carbonyl (C=O) groups is 1. The van der Waals surface area contributed by atoms with Gasteiger partial charge in [0.25, 0.3) is 0 Å². The molecule has 0 spiro atoms. The second-order valence-electron chi connectivity index (χ2n) is 11.2. The van der Waals surface area contributed by atoms with E-state index in [2.05, 4.69) is 43.0 Å². The highest BCUT2D eigenvalue weighted by Gasteiger charge is 2.38. The van der Waals surface area contributed by atoms with Gasteiger partial charge in [0, 0.05) is 18.9 Å². The first kappa shape index (κ1) is 28.6. The molecule has 5 aromatic carbocycles. The Morgan fingerprint density at radius 1 is 0.814 bits per heavy atom. The standard InChI is InChI=1S/C37H31F3N2O/c1-3-42(4-2)22-26-19-33-30(29-11-6-5-10-28(26)29)16-17-31-35(25-8-7-9-27(18-25)37(38,39)40)34(43)20-32(36(31)33)24-14-12-23(21-41)13-15-24/h5-19,32,35H,3-4,20,22H2,1-2H3. The molecule has 5 aromatic rings. The lowest BCUT2D eigenvalue weighted by Crippen LogP contribution is -2.26. The number of benzene rings is 5. The lowest BCUT2D eigenvalue weighted by Gasteiger charge is -2.33. The average molecular weight is 577 g/mol. The van der Waals surface area contributed by atoms with Crippen molar-refractivity contribution in [2.45, 2.75) is 44.8 Å². The first-order valence-electron chi connectivity index (χ1n) is 14.6. The second-order valence-corrected chi connectivity index (χ2v) is 11.2. The molecule has 0 fully saturated rings. The number of nitrogens with zero attached hydrogens (tertiary/aromatic N) is 2. The van der Waals surface area contributed by atoms with Gasteiger partial charge in [0.15, 0.2) is 0 Å². The minimum Gasteiger partial charge on any atom is -0.300 e. The summed E-state index contributed by atoms with van der Waals surface area (Å²) in [7, 11) is 0. The van der Waals surface area contributed by atoms with Crippen LogP contribution in [-0.4, -0.2) is 23.8 Å². The van der Waals surface area contributed by atoms with E-state index in [0.717, 1.165) is 70.0 Å². The maximum atomic E-state index is 13.9. The number of fused-ring (bicyclic) bond motifs is 5. The predicted octanol–water partition coefficient (Wildman–Crippen LogP) is 8.96. The highest BCUT2D eigenvalue weighted by Crippen LogP contribution is 2.48. The van der Waals surface area contributed by atoms with Gasteiger partial charge in [-0.25, -0.2) is 0 Å². The molecular weight excluding hydrogens is 545 g/mol. The van der Waals surface area contributed by atoms with Crippen molar-refractivity contribution >= 4 is 27.3 Å². The van der Waals surface area contributed by atoms with E-state index in [-0.39, 0.29) is 18.1 Å². The van der Waals surface area contributed by atoms with Crippen LogP contribution in [0, 0.1) is 11.3 Å². The summed E-state index contributed by atoms with van der Waals surface area (Å²) in [5, 5.41) is 13.7. The van der Waals surface area contributed by atoms with Crippen molar-refractivity contribution in [3.63, 3.8) is 0 Å². The summed E-state index contributed by atoms with van der Waals surface area (Å²) in [6.45, 7) is 6.83. The van der Waals surface area contributed by atoms with E-state index < -0.39 is 17.7 Å². The monoisotopic (exact) mass is 576 g/mol. The summed E-state index contributed by atoms with van der Waals surface area (Å²) in [5.74, 6) is -1.23. The lowest BCUT2D eigenvalue weighted by atomic mass is 9.69. The number of alkyl halides is 3. The Morgan fingerprint density at radius 2 is 1.51 bits per heavy atom. The third-order valence-electron chi connectivity index (χ3n) is 8.87. The molecule has 0 saturated heterocycles. The lowest BCUT2D eigenvalue weighted by molar-refractivity contribution is -0.137. The van der Waals surface area contributed by atoms with Gasteiger partial charge < -0.3 is 0 Å². The zero-order chi connectivity index (χ0) is 30.3. The Balaban J connectivity index is 1.65. The Kier molecular flexibility index (Phi) is 7.54. The third-order valence-corrected chi connectivity index (χ3v) is 8.87.